The van der Waals surface area contributed by atoms with Crippen LogP contribution in [0.15, 0.2) is 11.6 Å². The van der Waals surface area contributed by atoms with Crippen LogP contribution in [-0.4, -0.2) is 11.7 Å². The lowest BCUT2D eigenvalue weighted by Crippen LogP contribution is -2.32. The maximum atomic E-state index is 12.2. The standard InChI is InChI=1S/C12H17NO2/c1-11(2)8-4-5-12(11,3)10(15)7(8)6-9(13)14/h6,8H,4-5H2,1-3H3,(H2,13,14)/b7-6+/t8-,12-/m0/s1. The molecule has 2 fully saturated rings. The predicted octanol–water partition coefficient (Wildman–Crippen LogP) is 1.42. The zero-order valence-corrected chi connectivity index (χ0v) is 9.46. The zero-order valence-electron chi connectivity index (χ0n) is 9.46. The first-order valence-electron chi connectivity index (χ1n) is 5.36. The van der Waals surface area contributed by atoms with E-state index >= 15 is 0 Å². The minimum Gasteiger partial charge on any atom is -0.366 e. The molecule has 0 aromatic carbocycles. The van der Waals surface area contributed by atoms with E-state index in [1.54, 1.807) is 0 Å². The van der Waals surface area contributed by atoms with Crippen molar-refractivity contribution in [3.63, 3.8) is 0 Å². The quantitative estimate of drug-likeness (QED) is 0.661. The summed E-state index contributed by atoms with van der Waals surface area (Å²) < 4.78 is 0. The van der Waals surface area contributed by atoms with Gasteiger partial charge in [0.25, 0.3) is 0 Å². The summed E-state index contributed by atoms with van der Waals surface area (Å²) in [6.45, 7) is 6.24. The Labute approximate surface area is 89.7 Å². The molecule has 15 heavy (non-hydrogen) atoms. The van der Waals surface area contributed by atoms with Gasteiger partial charge in [0.1, 0.15) is 0 Å². The molecular weight excluding hydrogens is 190 g/mol. The number of Topliss-reactive ketones (excluding diaryl/α,β-unsaturated/α-hetero) is 1. The Morgan fingerprint density at radius 3 is 2.47 bits per heavy atom. The first-order chi connectivity index (χ1) is 6.80. The molecule has 3 heteroatoms. The topological polar surface area (TPSA) is 60.2 Å². The maximum absolute atomic E-state index is 12.2. The van der Waals surface area contributed by atoms with Gasteiger partial charge in [-0.2, -0.15) is 0 Å². The second-order valence-corrected chi connectivity index (χ2v) is 5.48. The molecule has 2 saturated carbocycles. The third-order valence-electron chi connectivity index (χ3n) is 4.66. The lowest BCUT2D eigenvalue weighted by Gasteiger charge is -2.31. The van der Waals surface area contributed by atoms with Crippen LogP contribution in [-0.2, 0) is 9.59 Å². The van der Waals surface area contributed by atoms with E-state index in [1.807, 2.05) is 6.92 Å². The molecule has 0 unspecified atom stereocenters. The number of rotatable bonds is 1. The van der Waals surface area contributed by atoms with Crippen molar-refractivity contribution in [1.29, 1.82) is 0 Å². The number of amides is 1. The number of hydrogen-bond donors (Lipinski definition) is 1. The molecule has 2 rings (SSSR count). The van der Waals surface area contributed by atoms with Crippen LogP contribution in [0.1, 0.15) is 33.6 Å². The summed E-state index contributed by atoms with van der Waals surface area (Å²) in [5, 5.41) is 0. The lowest BCUT2D eigenvalue weighted by molar-refractivity contribution is -0.125. The fourth-order valence-electron chi connectivity index (χ4n) is 3.25. The predicted molar refractivity (Wildman–Crippen MR) is 56.9 cm³/mol. The minimum absolute atomic E-state index is 0.0363. The Morgan fingerprint density at radius 1 is 1.47 bits per heavy atom. The Kier molecular flexibility index (Phi) is 1.88. The van der Waals surface area contributed by atoms with Crippen LogP contribution in [0.25, 0.3) is 0 Å². The van der Waals surface area contributed by atoms with Gasteiger partial charge in [-0.05, 0) is 24.2 Å². The van der Waals surface area contributed by atoms with Crippen molar-refractivity contribution in [2.24, 2.45) is 22.5 Å². The van der Waals surface area contributed by atoms with Gasteiger partial charge < -0.3 is 5.73 Å². The van der Waals surface area contributed by atoms with Gasteiger partial charge in [-0.1, -0.05) is 20.8 Å². The normalized spacial score (nSPS) is 40.1. The van der Waals surface area contributed by atoms with E-state index in [0.29, 0.717) is 5.57 Å². The van der Waals surface area contributed by atoms with Crippen LogP contribution in [0.2, 0.25) is 0 Å². The smallest absolute Gasteiger partial charge is 0.241 e. The molecule has 2 atom stereocenters. The Morgan fingerprint density at radius 2 is 2.07 bits per heavy atom. The van der Waals surface area contributed by atoms with Crippen molar-refractivity contribution in [2.75, 3.05) is 0 Å². The number of ketones is 1. The minimum atomic E-state index is -0.509. The summed E-state index contributed by atoms with van der Waals surface area (Å²) in [6.07, 6.45) is 3.26. The molecule has 0 aromatic heterocycles. The summed E-state index contributed by atoms with van der Waals surface area (Å²) in [5.41, 5.74) is 5.46. The van der Waals surface area contributed by atoms with Crippen LogP contribution in [0.3, 0.4) is 0 Å². The highest BCUT2D eigenvalue weighted by atomic mass is 16.1. The molecule has 2 bridgehead atoms. The number of nitrogens with two attached hydrogens (primary N) is 1. The molecule has 2 aliphatic carbocycles. The van der Waals surface area contributed by atoms with E-state index in [-0.39, 0.29) is 22.5 Å². The van der Waals surface area contributed by atoms with E-state index in [2.05, 4.69) is 13.8 Å². The van der Waals surface area contributed by atoms with Crippen LogP contribution in [0.5, 0.6) is 0 Å². The van der Waals surface area contributed by atoms with Gasteiger partial charge in [-0.15, -0.1) is 0 Å². The molecule has 0 aliphatic heterocycles. The van der Waals surface area contributed by atoms with Crippen molar-refractivity contribution in [3.8, 4) is 0 Å². The maximum Gasteiger partial charge on any atom is 0.241 e. The number of carbonyl (C=O) groups is 2. The number of primary amides is 1. The Hall–Kier alpha value is -1.12. The van der Waals surface area contributed by atoms with Crippen LogP contribution in [0.4, 0.5) is 0 Å². The summed E-state index contributed by atoms with van der Waals surface area (Å²) >= 11 is 0. The van der Waals surface area contributed by atoms with Crippen LogP contribution >= 0.6 is 0 Å². The average molecular weight is 207 g/mol. The molecule has 0 spiro atoms. The van der Waals surface area contributed by atoms with Gasteiger partial charge >= 0.3 is 0 Å². The van der Waals surface area contributed by atoms with Crippen molar-refractivity contribution in [3.05, 3.63) is 11.6 Å². The second-order valence-electron chi connectivity index (χ2n) is 5.48. The monoisotopic (exact) mass is 207 g/mol. The molecule has 2 N–H and O–H groups in total. The van der Waals surface area contributed by atoms with E-state index in [0.717, 1.165) is 12.8 Å². The lowest BCUT2D eigenvalue weighted by atomic mass is 9.70. The van der Waals surface area contributed by atoms with Crippen LogP contribution < -0.4 is 5.73 Å². The largest absolute Gasteiger partial charge is 0.366 e. The first kappa shape index (κ1) is 10.4. The Bertz CT molecular complexity index is 381. The molecule has 0 aromatic rings. The summed E-state index contributed by atoms with van der Waals surface area (Å²) in [7, 11) is 0. The fraction of sp³-hybridized carbons (Fsp3) is 0.667. The molecule has 3 nitrogen and oxygen atoms in total. The molecule has 1 amide bonds. The summed E-state index contributed by atoms with van der Waals surface area (Å²) in [4.78, 5) is 23.0. The van der Waals surface area contributed by atoms with Gasteiger partial charge in [-0.25, -0.2) is 0 Å². The molecule has 0 heterocycles. The highest BCUT2D eigenvalue weighted by Crippen LogP contribution is 2.65. The van der Waals surface area contributed by atoms with E-state index in [4.69, 9.17) is 5.73 Å². The van der Waals surface area contributed by atoms with E-state index in [1.165, 1.54) is 6.08 Å². The molecule has 2 aliphatic rings. The highest BCUT2D eigenvalue weighted by Gasteiger charge is 2.63. The first-order valence-corrected chi connectivity index (χ1v) is 5.36. The molecule has 0 radical (unpaired) electrons. The van der Waals surface area contributed by atoms with Gasteiger partial charge in [0.2, 0.25) is 5.91 Å². The molecule has 0 saturated heterocycles. The van der Waals surface area contributed by atoms with Gasteiger partial charge in [0.05, 0.1) is 0 Å². The highest BCUT2D eigenvalue weighted by molar-refractivity contribution is 6.08. The zero-order chi connectivity index (χ0) is 11.4. The number of allylic oxidation sites excluding steroid dienone is 1. The van der Waals surface area contributed by atoms with Crippen molar-refractivity contribution in [2.45, 2.75) is 33.6 Å². The second kappa shape index (κ2) is 2.71. The van der Waals surface area contributed by atoms with Gasteiger partial charge in [-0.3, -0.25) is 9.59 Å². The van der Waals surface area contributed by atoms with E-state index < -0.39 is 5.91 Å². The van der Waals surface area contributed by atoms with Crippen molar-refractivity contribution in [1.82, 2.24) is 0 Å². The third-order valence-corrected chi connectivity index (χ3v) is 4.66. The van der Waals surface area contributed by atoms with Crippen molar-refractivity contribution >= 4 is 11.7 Å². The van der Waals surface area contributed by atoms with Gasteiger partial charge in [0, 0.05) is 17.1 Å². The third kappa shape index (κ3) is 1.06. The SMILES string of the molecule is CC1(C)[C@H]2CC[C@@]1(C)C(=O)/C2=C/C(N)=O. The van der Waals surface area contributed by atoms with Crippen molar-refractivity contribution < 1.29 is 9.59 Å². The molecule has 82 valence electrons. The molecular formula is C12H17NO2. The summed E-state index contributed by atoms with van der Waals surface area (Å²) in [6, 6.07) is 0. The Balaban J connectivity index is 2.52. The van der Waals surface area contributed by atoms with Gasteiger partial charge in [0.15, 0.2) is 5.78 Å². The summed E-state index contributed by atoms with van der Waals surface area (Å²) in [5.74, 6) is -0.171. The van der Waals surface area contributed by atoms with E-state index in [9.17, 15) is 9.59 Å². The average Bonchev–Trinajstić information content (AvgIpc) is 2.40. The number of carbonyl (C=O) groups excluding carboxylic acids is 2. The van der Waals surface area contributed by atoms with Crippen LogP contribution in [0, 0.1) is 16.7 Å². The fourth-order valence-corrected chi connectivity index (χ4v) is 3.25. The number of hydrogen-bond acceptors (Lipinski definition) is 2. The number of fused-ring (bicyclic) bond motifs is 2.